The van der Waals surface area contributed by atoms with Crippen molar-refractivity contribution >= 4 is 32.7 Å². The summed E-state index contributed by atoms with van der Waals surface area (Å²) in [6.45, 7) is 0.0552. The SMILES string of the molecule is COc1ccc2oc(=O)c(C(=O)C[n+]3cccc(Br)c3)cc2c1. The number of aromatic nitrogens is 1. The second kappa shape index (κ2) is 6.34. The predicted octanol–water partition coefficient (Wildman–Crippen LogP) is 2.73. The minimum Gasteiger partial charge on any atom is -0.497 e. The lowest BCUT2D eigenvalue weighted by Gasteiger charge is -2.03. The zero-order valence-corrected chi connectivity index (χ0v) is 13.9. The molecule has 3 aromatic rings. The standard InChI is InChI=1S/C17H13BrNO4/c1-22-13-4-5-16-11(7-13)8-14(17(21)23-16)15(20)10-19-6-2-3-12(18)9-19/h2-9H,10H2,1H3/q+1. The number of ether oxygens (including phenoxy) is 1. The first kappa shape index (κ1) is 15.4. The average molecular weight is 375 g/mol. The van der Waals surface area contributed by atoms with Crippen molar-refractivity contribution < 1.29 is 18.5 Å². The van der Waals surface area contributed by atoms with E-state index in [1.54, 1.807) is 48.3 Å². The number of carbonyl (C=O) groups excluding carboxylic acids is 1. The fourth-order valence-electron chi connectivity index (χ4n) is 2.26. The molecule has 0 radical (unpaired) electrons. The van der Waals surface area contributed by atoms with Crippen LogP contribution < -0.4 is 14.9 Å². The van der Waals surface area contributed by atoms with E-state index in [-0.39, 0.29) is 17.9 Å². The molecule has 0 aliphatic rings. The van der Waals surface area contributed by atoms with Crippen LogP contribution in [-0.2, 0) is 6.54 Å². The summed E-state index contributed by atoms with van der Waals surface area (Å²) < 4.78 is 12.9. The fourth-order valence-corrected chi connectivity index (χ4v) is 2.68. The topological polar surface area (TPSA) is 60.4 Å². The Labute approximate surface area is 140 Å². The highest BCUT2D eigenvalue weighted by Gasteiger charge is 2.18. The number of hydrogen-bond acceptors (Lipinski definition) is 4. The molecule has 23 heavy (non-hydrogen) atoms. The summed E-state index contributed by atoms with van der Waals surface area (Å²) in [6, 6.07) is 10.3. The molecule has 116 valence electrons. The van der Waals surface area contributed by atoms with Crippen LogP contribution in [0.15, 0.2) is 62.5 Å². The van der Waals surface area contributed by atoms with Gasteiger partial charge in [-0.1, -0.05) is 0 Å². The Balaban J connectivity index is 1.99. The van der Waals surface area contributed by atoms with Gasteiger partial charge in [0.15, 0.2) is 12.4 Å². The van der Waals surface area contributed by atoms with Crippen molar-refractivity contribution in [3.8, 4) is 5.75 Å². The molecule has 0 aliphatic carbocycles. The molecule has 2 heterocycles. The number of fused-ring (bicyclic) bond motifs is 1. The maximum Gasteiger partial charge on any atom is 0.347 e. The molecule has 0 N–H and O–H groups in total. The van der Waals surface area contributed by atoms with Crippen molar-refractivity contribution in [3.05, 3.63) is 69.2 Å². The lowest BCUT2D eigenvalue weighted by molar-refractivity contribution is -0.683. The molecule has 2 aromatic heterocycles. The van der Waals surface area contributed by atoms with E-state index in [1.165, 1.54) is 0 Å². The van der Waals surface area contributed by atoms with Crippen LogP contribution in [-0.4, -0.2) is 12.9 Å². The molecular formula is C17H13BrNO4+. The van der Waals surface area contributed by atoms with Crippen molar-refractivity contribution in [2.45, 2.75) is 6.54 Å². The van der Waals surface area contributed by atoms with E-state index in [0.29, 0.717) is 16.7 Å². The molecular weight excluding hydrogens is 362 g/mol. The first-order valence-electron chi connectivity index (χ1n) is 6.86. The van der Waals surface area contributed by atoms with Gasteiger partial charge in [-0.15, -0.1) is 0 Å². The minimum atomic E-state index is -0.636. The summed E-state index contributed by atoms with van der Waals surface area (Å²) >= 11 is 3.34. The van der Waals surface area contributed by atoms with E-state index in [1.807, 2.05) is 12.1 Å². The Kier molecular flexibility index (Phi) is 4.25. The number of nitrogens with zero attached hydrogens (tertiary/aromatic N) is 1. The maximum absolute atomic E-state index is 12.4. The molecule has 0 amide bonds. The van der Waals surface area contributed by atoms with Gasteiger partial charge in [0.1, 0.15) is 16.9 Å². The second-order valence-electron chi connectivity index (χ2n) is 4.97. The van der Waals surface area contributed by atoms with Gasteiger partial charge in [0.25, 0.3) is 0 Å². The highest BCUT2D eigenvalue weighted by Crippen LogP contribution is 2.20. The first-order valence-corrected chi connectivity index (χ1v) is 7.66. The number of methoxy groups -OCH3 is 1. The molecule has 0 aliphatic heterocycles. The smallest absolute Gasteiger partial charge is 0.347 e. The van der Waals surface area contributed by atoms with E-state index in [0.717, 1.165) is 4.47 Å². The van der Waals surface area contributed by atoms with Gasteiger partial charge < -0.3 is 9.15 Å². The van der Waals surface area contributed by atoms with E-state index < -0.39 is 5.63 Å². The van der Waals surface area contributed by atoms with Gasteiger partial charge in [0.2, 0.25) is 12.3 Å². The molecule has 0 bridgehead atoms. The second-order valence-corrected chi connectivity index (χ2v) is 5.88. The number of benzene rings is 1. The molecule has 5 nitrogen and oxygen atoms in total. The van der Waals surface area contributed by atoms with Crippen molar-refractivity contribution in [1.82, 2.24) is 0 Å². The molecule has 0 saturated carbocycles. The Morgan fingerprint density at radius 1 is 1.30 bits per heavy atom. The van der Waals surface area contributed by atoms with Gasteiger partial charge in [0, 0.05) is 11.5 Å². The fraction of sp³-hybridized carbons (Fsp3) is 0.118. The van der Waals surface area contributed by atoms with E-state index in [4.69, 9.17) is 9.15 Å². The van der Waals surface area contributed by atoms with Crippen LogP contribution in [0.25, 0.3) is 11.0 Å². The van der Waals surface area contributed by atoms with E-state index in [2.05, 4.69) is 15.9 Å². The Hall–Kier alpha value is -2.47. The van der Waals surface area contributed by atoms with Crippen LogP contribution in [0.4, 0.5) is 0 Å². The first-order chi connectivity index (χ1) is 11.1. The largest absolute Gasteiger partial charge is 0.497 e. The van der Waals surface area contributed by atoms with Crippen LogP contribution in [0.1, 0.15) is 10.4 Å². The number of ketones is 1. The van der Waals surface area contributed by atoms with Crippen LogP contribution in [0.3, 0.4) is 0 Å². The van der Waals surface area contributed by atoms with Crippen LogP contribution in [0, 0.1) is 0 Å². The van der Waals surface area contributed by atoms with Gasteiger partial charge >= 0.3 is 5.63 Å². The van der Waals surface area contributed by atoms with Gasteiger partial charge in [-0.3, -0.25) is 4.79 Å². The third-order valence-electron chi connectivity index (χ3n) is 3.39. The predicted molar refractivity (Wildman–Crippen MR) is 87.7 cm³/mol. The quantitative estimate of drug-likeness (QED) is 0.400. The number of hydrogen-bond donors (Lipinski definition) is 0. The van der Waals surface area contributed by atoms with E-state index in [9.17, 15) is 9.59 Å². The van der Waals surface area contributed by atoms with Crippen molar-refractivity contribution in [2.75, 3.05) is 7.11 Å². The highest BCUT2D eigenvalue weighted by molar-refractivity contribution is 9.10. The minimum absolute atomic E-state index is 0.0261. The van der Waals surface area contributed by atoms with Crippen LogP contribution in [0.2, 0.25) is 0 Å². The molecule has 0 atom stereocenters. The maximum atomic E-state index is 12.4. The lowest BCUT2D eigenvalue weighted by atomic mass is 10.1. The summed E-state index contributed by atoms with van der Waals surface area (Å²) in [5.41, 5.74) is -0.191. The number of carbonyl (C=O) groups is 1. The molecule has 0 unspecified atom stereocenters. The number of rotatable bonds is 4. The zero-order valence-electron chi connectivity index (χ0n) is 12.3. The lowest BCUT2D eigenvalue weighted by Crippen LogP contribution is -2.38. The monoisotopic (exact) mass is 374 g/mol. The normalized spacial score (nSPS) is 10.7. The molecule has 6 heteroatoms. The van der Waals surface area contributed by atoms with Crippen molar-refractivity contribution in [3.63, 3.8) is 0 Å². The average Bonchev–Trinajstić information content (AvgIpc) is 2.53. The van der Waals surface area contributed by atoms with Crippen molar-refractivity contribution in [1.29, 1.82) is 0 Å². The summed E-state index contributed by atoms with van der Waals surface area (Å²) in [4.78, 5) is 24.5. The Bertz CT molecular complexity index is 949. The molecule has 3 rings (SSSR count). The number of halogens is 1. The third-order valence-corrected chi connectivity index (χ3v) is 3.86. The molecule has 0 fully saturated rings. The Morgan fingerprint density at radius 3 is 2.87 bits per heavy atom. The summed E-state index contributed by atoms with van der Waals surface area (Å²) in [7, 11) is 1.55. The molecule has 1 aromatic carbocycles. The van der Waals surface area contributed by atoms with Gasteiger partial charge in [-0.25, -0.2) is 4.79 Å². The molecule has 0 spiro atoms. The third kappa shape index (κ3) is 3.32. The van der Waals surface area contributed by atoms with Gasteiger partial charge in [-0.05, 0) is 46.3 Å². The summed E-state index contributed by atoms with van der Waals surface area (Å²) in [6.07, 6.45) is 3.53. The van der Waals surface area contributed by atoms with Crippen molar-refractivity contribution in [2.24, 2.45) is 0 Å². The summed E-state index contributed by atoms with van der Waals surface area (Å²) in [5.74, 6) is 0.317. The number of Topliss-reactive ketones (excluding diaryl/α,β-unsaturated/α-hetero) is 1. The van der Waals surface area contributed by atoms with Gasteiger partial charge in [-0.2, -0.15) is 4.57 Å². The zero-order chi connectivity index (χ0) is 16.4. The molecule has 0 saturated heterocycles. The number of pyridine rings is 1. The summed E-state index contributed by atoms with van der Waals surface area (Å²) in [5, 5.41) is 0.645. The van der Waals surface area contributed by atoms with Gasteiger partial charge in [0.05, 0.1) is 11.6 Å². The van der Waals surface area contributed by atoms with Crippen LogP contribution >= 0.6 is 15.9 Å². The van der Waals surface area contributed by atoms with Crippen LogP contribution in [0.5, 0.6) is 5.75 Å². The Morgan fingerprint density at radius 2 is 2.13 bits per heavy atom. The van der Waals surface area contributed by atoms with E-state index >= 15 is 0 Å². The highest BCUT2D eigenvalue weighted by atomic mass is 79.9.